The fraction of sp³-hybridized carbons (Fsp3) is 0.966. The predicted octanol–water partition coefficient (Wildman–Crippen LogP) is 6.94. The number of carbonyl (C=O) groups excluding carboxylic acids is 1. The van der Waals surface area contributed by atoms with Crippen LogP contribution in [0.25, 0.3) is 0 Å². The van der Waals surface area contributed by atoms with E-state index in [1.807, 2.05) is 0 Å². The van der Waals surface area contributed by atoms with Crippen molar-refractivity contribution in [3.63, 3.8) is 0 Å². The molecule has 1 aliphatic heterocycles. The highest BCUT2D eigenvalue weighted by Gasteiger charge is 2.52. The van der Waals surface area contributed by atoms with Gasteiger partial charge in [0.15, 0.2) is 0 Å². The molecule has 4 atom stereocenters. The van der Waals surface area contributed by atoms with Crippen LogP contribution in [0.4, 0.5) is 26.3 Å². The molecular weight excluding hydrogens is 520 g/mol. The van der Waals surface area contributed by atoms with Gasteiger partial charge in [-0.3, -0.25) is 14.6 Å². The Morgan fingerprint density at radius 3 is 1.97 bits per heavy atom. The van der Waals surface area contributed by atoms with Crippen LogP contribution < -0.4 is 5.32 Å². The van der Waals surface area contributed by atoms with Crippen LogP contribution in [0.5, 0.6) is 0 Å². The Kier molecular flexibility index (Phi) is 10.9. The molecule has 10 heteroatoms. The molecule has 0 bridgehead atoms. The summed E-state index contributed by atoms with van der Waals surface area (Å²) in [6, 6.07) is 0.457. The standard InChI is InChI=1S/C29H47F6N3O/c30-28(31,32)23-14-13-21(25(20-23)29(33,34)35)10-7-15-36-27(39)26(22-8-3-1-4-9-22)38-18-16-37(17-19-38)24-11-5-2-6-12-24/h21-26H,1-20H2,(H,36,39). The summed E-state index contributed by atoms with van der Waals surface area (Å²) in [6.07, 6.45) is 2.05. The molecule has 3 saturated carbocycles. The molecule has 1 N–H and O–H groups in total. The Hall–Kier alpha value is -1.03. The summed E-state index contributed by atoms with van der Waals surface area (Å²) >= 11 is 0. The van der Waals surface area contributed by atoms with Gasteiger partial charge in [0.05, 0.1) is 17.9 Å². The average Bonchev–Trinajstić information content (AvgIpc) is 2.92. The Labute approximate surface area is 229 Å². The number of halogens is 6. The number of amides is 1. The van der Waals surface area contributed by atoms with E-state index in [1.54, 1.807) is 0 Å². The minimum absolute atomic E-state index is 0.0267. The number of nitrogens with zero attached hydrogens (tertiary/aromatic N) is 2. The molecule has 1 saturated heterocycles. The maximum Gasteiger partial charge on any atom is 0.392 e. The molecule has 226 valence electrons. The van der Waals surface area contributed by atoms with Crippen molar-refractivity contribution in [1.82, 2.24) is 15.1 Å². The molecule has 0 aromatic carbocycles. The van der Waals surface area contributed by atoms with Crippen LogP contribution in [-0.2, 0) is 4.79 Å². The smallest absolute Gasteiger partial charge is 0.355 e. The van der Waals surface area contributed by atoms with Gasteiger partial charge in [-0.15, -0.1) is 0 Å². The van der Waals surface area contributed by atoms with E-state index in [2.05, 4.69) is 15.1 Å². The molecule has 1 amide bonds. The van der Waals surface area contributed by atoms with Crippen LogP contribution in [0.2, 0.25) is 0 Å². The number of hydrogen-bond donors (Lipinski definition) is 1. The Morgan fingerprint density at radius 1 is 0.769 bits per heavy atom. The van der Waals surface area contributed by atoms with E-state index in [9.17, 15) is 31.1 Å². The average molecular weight is 568 g/mol. The quantitative estimate of drug-likeness (QED) is 0.255. The van der Waals surface area contributed by atoms with Gasteiger partial charge >= 0.3 is 12.4 Å². The normalized spacial score (nSPS) is 30.3. The molecule has 0 radical (unpaired) electrons. The van der Waals surface area contributed by atoms with E-state index in [0.29, 0.717) is 18.4 Å². The molecule has 0 aromatic heterocycles. The zero-order valence-electron chi connectivity index (χ0n) is 23.2. The van der Waals surface area contributed by atoms with E-state index in [-0.39, 0.29) is 37.8 Å². The van der Waals surface area contributed by atoms with E-state index < -0.39 is 36.5 Å². The van der Waals surface area contributed by atoms with Crippen molar-refractivity contribution in [2.75, 3.05) is 32.7 Å². The van der Waals surface area contributed by atoms with Crippen molar-refractivity contribution in [3.05, 3.63) is 0 Å². The molecule has 0 spiro atoms. The van der Waals surface area contributed by atoms with Gasteiger partial charge in [0.1, 0.15) is 0 Å². The van der Waals surface area contributed by atoms with Crippen LogP contribution in [0.1, 0.15) is 96.3 Å². The Morgan fingerprint density at radius 2 is 1.38 bits per heavy atom. The molecule has 4 unspecified atom stereocenters. The number of rotatable bonds is 8. The van der Waals surface area contributed by atoms with E-state index in [0.717, 1.165) is 51.9 Å². The second kappa shape index (κ2) is 13.8. The monoisotopic (exact) mass is 567 g/mol. The van der Waals surface area contributed by atoms with Crippen molar-refractivity contribution >= 4 is 5.91 Å². The maximum atomic E-state index is 13.6. The predicted molar refractivity (Wildman–Crippen MR) is 139 cm³/mol. The van der Waals surface area contributed by atoms with Crippen molar-refractivity contribution in [2.24, 2.45) is 23.7 Å². The molecule has 4 rings (SSSR count). The third-order valence-electron chi connectivity index (χ3n) is 10.1. The lowest BCUT2D eigenvalue weighted by atomic mass is 9.71. The molecule has 4 fully saturated rings. The lowest BCUT2D eigenvalue weighted by molar-refractivity contribution is -0.234. The van der Waals surface area contributed by atoms with Crippen LogP contribution in [-0.4, -0.2) is 72.9 Å². The van der Waals surface area contributed by atoms with Crippen molar-refractivity contribution in [3.8, 4) is 0 Å². The molecule has 39 heavy (non-hydrogen) atoms. The van der Waals surface area contributed by atoms with Gasteiger partial charge in [0, 0.05) is 38.8 Å². The summed E-state index contributed by atoms with van der Waals surface area (Å²) < 4.78 is 80.1. The Balaban J connectivity index is 1.28. The fourth-order valence-electron chi connectivity index (χ4n) is 7.91. The van der Waals surface area contributed by atoms with Gasteiger partial charge in [0.2, 0.25) is 5.91 Å². The zero-order chi connectivity index (χ0) is 28.0. The minimum atomic E-state index is -4.64. The molecule has 0 aromatic rings. The van der Waals surface area contributed by atoms with Crippen molar-refractivity contribution < 1.29 is 31.1 Å². The summed E-state index contributed by atoms with van der Waals surface area (Å²) in [6.45, 7) is 3.94. The lowest BCUT2D eigenvalue weighted by Crippen LogP contribution is -2.59. The van der Waals surface area contributed by atoms with E-state index in [1.165, 1.54) is 38.5 Å². The highest BCUT2D eigenvalue weighted by atomic mass is 19.4. The number of piperazine rings is 1. The zero-order valence-corrected chi connectivity index (χ0v) is 23.2. The van der Waals surface area contributed by atoms with Gasteiger partial charge in [-0.25, -0.2) is 0 Å². The summed E-state index contributed by atoms with van der Waals surface area (Å²) in [5.74, 6) is -4.35. The van der Waals surface area contributed by atoms with Crippen LogP contribution >= 0.6 is 0 Å². The minimum Gasteiger partial charge on any atom is -0.355 e. The summed E-state index contributed by atoms with van der Waals surface area (Å²) in [7, 11) is 0. The van der Waals surface area contributed by atoms with Crippen LogP contribution in [0.15, 0.2) is 0 Å². The molecule has 1 heterocycles. The second-order valence-electron chi connectivity index (χ2n) is 12.6. The Bertz CT molecular complexity index is 755. The first kappa shape index (κ1) is 30.9. The van der Waals surface area contributed by atoms with Gasteiger partial charge < -0.3 is 5.32 Å². The number of nitrogens with one attached hydrogen (secondary N) is 1. The highest BCUT2D eigenvalue weighted by Crippen LogP contribution is 2.49. The van der Waals surface area contributed by atoms with E-state index in [4.69, 9.17) is 0 Å². The first-order valence-electron chi connectivity index (χ1n) is 15.4. The summed E-state index contributed by atoms with van der Waals surface area (Å²) in [5, 5.41) is 3.02. The highest BCUT2D eigenvalue weighted by molar-refractivity contribution is 5.82. The maximum absolute atomic E-state index is 13.6. The number of carbonyl (C=O) groups is 1. The molecule has 4 nitrogen and oxygen atoms in total. The molecular formula is C29H47F6N3O. The molecule has 3 aliphatic carbocycles. The van der Waals surface area contributed by atoms with Gasteiger partial charge in [-0.1, -0.05) is 38.5 Å². The van der Waals surface area contributed by atoms with Crippen molar-refractivity contribution in [1.29, 1.82) is 0 Å². The largest absolute Gasteiger partial charge is 0.392 e. The van der Waals surface area contributed by atoms with Crippen LogP contribution in [0.3, 0.4) is 0 Å². The van der Waals surface area contributed by atoms with Crippen molar-refractivity contribution in [2.45, 2.75) is 121 Å². The lowest BCUT2D eigenvalue weighted by Gasteiger charge is -2.45. The first-order chi connectivity index (χ1) is 18.5. The van der Waals surface area contributed by atoms with Gasteiger partial charge in [-0.05, 0) is 69.6 Å². The fourth-order valence-corrected chi connectivity index (χ4v) is 7.91. The summed E-state index contributed by atoms with van der Waals surface area (Å²) in [4.78, 5) is 18.4. The van der Waals surface area contributed by atoms with Gasteiger partial charge in [-0.2, -0.15) is 26.3 Å². The molecule has 4 aliphatic rings. The third-order valence-corrected chi connectivity index (χ3v) is 10.1. The van der Waals surface area contributed by atoms with E-state index >= 15 is 0 Å². The first-order valence-corrected chi connectivity index (χ1v) is 15.4. The number of hydrogen-bond acceptors (Lipinski definition) is 3. The SMILES string of the molecule is O=C(NCCCC1CCC(C(F)(F)F)CC1C(F)(F)F)C(C1CCCCC1)N1CCN(C2CCCCC2)CC1. The summed E-state index contributed by atoms with van der Waals surface area (Å²) in [5.41, 5.74) is 0. The van der Waals surface area contributed by atoms with Gasteiger partial charge in [0.25, 0.3) is 0 Å². The topological polar surface area (TPSA) is 35.6 Å². The second-order valence-corrected chi connectivity index (χ2v) is 12.6. The van der Waals surface area contributed by atoms with Crippen LogP contribution in [0, 0.1) is 23.7 Å². The number of alkyl halides is 6. The third kappa shape index (κ3) is 8.49.